The van der Waals surface area contributed by atoms with Crippen molar-refractivity contribution in [3.05, 3.63) is 72.8 Å². The van der Waals surface area contributed by atoms with E-state index < -0.39 is 0 Å². The molecule has 3 aromatic heterocycles. The van der Waals surface area contributed by atoms with Crippen LogP contribution in [-0.4, -0.2) is 43.1 Å². The van der Waals surface area contributed by atoms with Crippen molar-refractivity contribution in [2.24, 2.45) is 5.92 Å². The fourth-order valence-electron chi connectivity index (χ4n) is 4.73. The molecule has 1 amide bonds. The second kappa shape index (κ2) is 8.38. The van der Waals surface area contributed by atoms with Gasteiger partial charge in [0.25, 0.3) is 0 Å². The van der Waals surface area contributed by atoms with Crippen molar-refractivity contribution in [1.82, 2.24) is 24.6 Å². The van der Waals surface area contributed by atoms with Gasteiger partial charge < -0.3 is 9.47 Å². The van der Waals surface area contributed by atoms with Crippen LogP contribution in [0.5, 0.6) is 0 Å². The predicted octanol–water partition coefficient (Wildman–Crippen LogP) is 4.30. The second-order valence-electron chi connectivity index (χ2n) is 8.57. The molecular weight excluding hydrogens is 386 g/mol. The molecule has 1 aliphatic rings. The lowest BCUT2D eigenvalue weighted by Crippen LogP contribution is -2.34. The van der Waals surface area contributed by atoms with Gasteiger partial charge in [0.15, 0.2) is 0 Å². The number of aromatic nitrogens is 4. The Hall–Kier alpha value is -3.41. The van der Waals surface area contributed by atoms with E-state index in [1.54, 1.807) is 0 Å². The molecule has 0 radical (unpaired) electrons. The van der Waals surface area contributed by atoms with Gasteiger partial charge in [0.1, 0.15) is 5.65 Å². The van der Waals surface area contributed by atoms with Gasteiger partial charge in [-0.1, -0.05) is 30.3 Å². The Bertz CT molecular complexity index is 1170. The van der Waals surface area contributed by atoms with E-state index in [1.807, 2.05) is 36.8 Å². The summed E-state index contributed by atoms with van der Waals surface area (Å²) in [7, 11) is 0. The molecule has 158 valence electrons. The molecule has 1 N–H and O–H groups in total. The lowest BCUT2D eigenvalue weighted by Gasteiger charge is -2.21. The first kappa shape index (κ1) is 19.5. The molecule has 1 saturated heterocycles. The van der Waals surface area contributed by atoms with Crippen LogP contribution in [-0.2, 0) is 17.8 Å². The topological polar surface area (TPSA) is 66.8 Å². The summed E-state index contributed by atoms with van der Waals surface area (Å²) in [6.07, 6.45) is 10.1. The monoisotopic (exact) mass is 413 g/mol. The Morgan fingerprint density at radius 1 is 1.16 bits per heavy atom. The first-order valence-electron chi connectivity index (χ1n) is 10.9. The zero-order chi connectivity index (χ0) is 21.2. The normalized spacial score (nSPS) is 18.7. The highest BCUT2D eigenvalue weighted by atomic mass is 16.2. The molecule has 0 aliphatic carbocycles. The fourth-order valence-corrected chi connectivity index (χ4v) is 4.73. The third kappa shape index (κ3) is 4.10. The van der Waals surface area contributed by atoms with Gasteiger partial charge in [-0.15, -0.1) is 0 Å². The van der Waals surface area contributed by atoms with Crippen LogP contribution in [0.25, 0.3) is 22.2 Å². The Balaban J connectivity index is 1.23. The number of fused-ring (bicyclic) bond motifs is 1. The third-order valence-electron chi connectivity index (χ3n) is 6.34. The van der Waals surface area contributed by atoms with Gasteiger partial charge in [0, 0.05) is 60.7 Å². The highest BCUT2D eigenvalue weighted by Crippen LogP contribution is 2.28. The Morgan fingerprint density at radius 2 is 2.03 bits per heavy atom. The number of aryl methyl sites for hydroxylation is 1. The van der Waals surface area contributed by atoms with Crippen LogP contribution in [0, 0.1) is 5.92 Å². The number of pyridine rings is 1. The minimum atomic E-state index is 0.263. The number of carbonyl (C=O) groups is 1. The molecule has 1 aliphatic heterocycles. The molecule has 2 atom stereocenters. The smallest absolute Gasteiger partial charge is 0.223 e. The number of H-pyrrole nitrogens is 1. The third-order valence-corrected chi connectivity index (χ3v) is 6.34. The highest BCUT2D eigenvalue weighted by Gasteiger charge is 2.32. The molecule has 0 unspecified atom stereocenters. The van der Waals surface area contributed by atoms with Crippen LogP contribution in [0.1, 0.15) is 25.3 Å². The van der Waals surface area contributed by atoms with E-state index in [9.17, 15) is 4.79 Å². The van der Waals surface area contributed by atoms with E-state index in [0.29, 0.717) is 12.3 Å². The van der Waals surface area contributed by atoms with Gasteiger partial charge in [0.2, 0.25) is 5.91 Å². The largest absolute Gasteiger partial charge is 0.340 e. The molecule has 0 spiro atoms. The molecule has 6 nitrogen and oxygen atoms in total. The zero-order valence-electron chi connectivity index (χ0n) is 17.7. The minimum Gasteiger partial charge on any atom is -0.340 e. The van der Waals surface area contributed by atoms with E-state index in [1.165, 1.54) is 5.56 Å². The van der Waals surface area contributed by atoms with Gasteiger partial charge >= 0.3 is 0 Å². The standard InChI is InChI=1S/C25H27N5O/c1-18-11-20(17-30(18)24(31)8-7-19-5-3-2-4-6-19)16-29-10-9-21-12-22(13-26-25(21)29)23-14-27-28-15-23/h2-6,9-10,12-15,18,20H,7-8,11,16-17H2,1H3,(H,27,28)/t18-,20+/m1/s1. The summed E-state index contributed by atoms with van der Waals surface area (Å²) in [4.78, 5) is 19.6. The molecule has 6 heteroatoms. The van der Waals surface area contributed by atoms with Gasteiger partial charge in [-0.3, -0.25) is 9.89 Å². The van der Waals surface area contributed by atoms with Crippen molar-refractivity contribution in [1.29, 1.82) is 0 Å². The van der Waals surface area contributed by atoms with Gasteiger partial charge in [-0.25, -0.2) is 4.98 Å². The average molecular weight is 414 g/mol. The van der Waals surface area contributed by atoms with Crippen LogP contribution in [0.2, 0.25) is 0 Å². The Morgan fingerprint density at radius 3 is 2.84 bits per heavy atom. The molecule has 31 heavy (non-hydrogen) atoms. The van der Waals surface area contributed by atoms with E-state index in [2.05, 4.69) is 57.1 Å². The lowest BCUT2D eigenvalue weighted by atomic mass is 10.1. The number of amides is 1. The molecule has 0 bridgehead atoms. The number of aromatic amines is 1. The number of hydrogen-bond donors (Lipinski definition) is 1. The molecule has 0 saturated carbocycles. The predicted molar refractivity (Wildman–Crippen MR) is 121 cm³/mol. The van der Waals surface area contributed by atoms with E-state index in [-0.39, 0.29) is 11.9 Å². The fraction of sp³-hybridized carbons (Fsp3) is 0.320. The first-order chi connectivity index (χ1) is 15.2. The van der Waals surface area contributed by atoms with Crippen LogP contribution >= 0.6 is 0 Å². The molecule has 4 heterocycles. The Labute approximate surface area is 181 Å². The van der Waals surface area contributed by atoms with Crippen molar-refractivity contribution in [3.8, 4) is 11.1 Å². The van der Waals surface area contributed by atoms with Crippen LogP contribution in [0.4, 0.5) is 0 Å². The molecular formula is C25H27N5O. The second-order valence-corrected chi connectivity index (χ2v) is 8.57. The Kier molecular flexibility index (Phi) is 5.28. The highest BCUT2D eigenvalue weighted by molar-refractivity contribution is 5.81. The summed E-state index contributed by atoms with van der Waals surface area (Å²) in [5.41, 5.74) is 4.31. The maximum atomic E-state index is 12.8. The van der Waals surface area contributed by atoms with E-state index in [0.717, 1.165) is 48.1 Å². The number of hydrogen-bond acceptors (Lipinski definition) is 3. The maximum absolute atomic E-state index is 12.8. The van der Waals surface area contributed by atoms with Gasteiger partial charge in [0.05, 0.1) is 6.20 Å². The maximum Gasteiger partial charge on any atom is 0.223 e. The summed E-state index contributed by atoms with van der Waals surface area (Å²) in [5.74, 6) is 0.709. The van der Waals surface area contributed by atoms with Gasteiger partial charge in [-0.2, -0.15) is 5.10 Å². The van der Waals surface area contributed by atoms with Crippen molar-refractivity contribution in [3.63, 3.8) is 0 Å². The van der Waals surface area contributed by atoms with Crippen LogP contribution in [0.15, 0.2) is 67.3 Å². The number of likely N-dealkylation sites (tertiary alicyclic amines) is 1. The summed E-state index contributed by atoms with van der Waals surface area (Å²) in [5, 5.41) is 8.00. The number of nitrogens with one attached hydrogen (secondary N) is 1. The molecule has 5 rings (SSSR count). The SMILES string of the molecule is C[C@@H]1C[C@@H](Cn2ccc3cc(-c4cn[nH]c4)cnc32)CN1C(=O)CCc1ccccc1. The van der Waals surface area contributed by atoms with E-state index >= 15 is 0 Å². The van der Waals surface area contributed by atoms with E-state index in [4.69, 9.17) is 4.98 Å². The summed E-state index contributed by atoms with van der Waals surface area (Å²) < 4.78 is 2.23. The minimum absolute atomic E-state index is 0.263. The quantitative estimate of drug-likeness (QED) is 0.513. The summed E-state index contributed by atoms with van der Waals surface area (Å²) >= 11 is 0. The van der Waals surface area contributed by atoms with Crippen molar-refractivity contribution in [2.75, 3.05) is 6.54 Å². The van der Waals surface area contributed by atoms with Crippen molar-refractivity contribution in [2.45, 2.75) is 38.8 Å². The van der Waals surface area contributed by atoms with Gasteiger partial charge in [-0.05, 0) is 43.4 Å². The number of benzene rings is 1. The molecule has 1 aromatic carbocycles. The average Bonchev–Trinajstić information content (AvgIpc) is 3.53. The van der Waals surface area contributed by atoms with Crippen LogP contribution in [0.3, 0.4) is 0 Å². The summed E-state index contributed by atoms with van der Waals surface area (Å²) in [6.45, 7) is 3.87. The van der Waals surface area contributed by atoms with Crippen molar-refractivity contribution < 1.29 is 4.79 Å². The molecule has 1 fully saturated rings. The number of nitrogens with zero attached hydrogens (tertiary/aromatic N) is 4. The van der Waals surface area contributed by atoms with Crippen molar-refractivity contribution >= 4 is 16.9 Å². The lowest BCUT2D eigenvalue weighted by molar-refractivity contribution is -0.131. The first-order valence-corrected chi connectivity index (χ1v) is 10.9. The van der Waals surface area contributed by atoms with Crippen LogP contribution < -0.4 is 0 Å². The number of rotatable bonds is 6. The summed E-state index contributed by atoms with van der Waals surface area (Å²) in [6, 6.07) is 14.8. The zero-order valence-corrected chi connectivity index (χ0v) is 17.7. The number of carbonyl (C=O) groups excluding carboxylic acids is 1. The molecule has 4 aromatic rings.